The van der Waals surface area contributed by atoms with Crippen molar-refractivity contribution in [3.8, 4) is 0 Å². The molecular weight excluding hydrogens is 232 g/mol. The molecule has 2 rings (SSSR count). The fourth-order valence-electron chi connectivity index (χ4n) is 1.92. The summed E-state index contributed by atoms with van der Waals surface area (Å²) in [5.74, 6) is 0.452. The maximum Gasteiger partial charge on any atom is 0.315 e. The molecule has 1 aromatic rings. The Labute approximate surface area is 106 Å². The van der Waals surface area contributed by atoms with Gasteiger partial charge >= 0.3 is 6.03 Å². The molecule has 0 radical (unpaired) electrons. The van der Waals surface area contributed by atoms with E-state index in [1.165, 1.54) is 6.26 Å². The number of amides is 2. The van der Waals surface area contributed by atoms with Crippen molar-refractivity contribution in [1.82, 2.24) is 10.6 Å². The summed E-state index contributed by atoms with van der Waals surface area (Å²) in [6, 6.07) is 3.20. The Morgan fingerprint density at radius 1 is 1.61 bits per heavy atom. The van der Waals surface area contributed by atoms with Crippen molar-refractivity contribution in [2.45, 2.75) is 31.4 Å². The molecule has 0 aromatic carbocycles. The summed E-state index contributed by atoms with van der Waals surface area (Å²) < 4.78 is 5.04. The Kier molecular flexibility index (Phi) is 4.41. The average molecular weight is 250 g/mol. The van der Waals surface area contributed by atoms with E-state index in [1.54, 1.807) is 12.1 Å². The molecule has 1 heterocycles. The van der Waals surface area contributed by atoms with Crippen LogP contribution in [0.1, 0.15) is 31.1 Å². The largest absolute Gasteiger partial charge is 0.467 e. The van der Waals surface area contributed by atoms with Gasteiger partial charge in [0.2, 0.25) is 0 Å². The third kappa shape index (κ3) is 3.63. The lowest BCUT2D eigenvalue weighted by atomic mass is 10.0. The van der Waals surface area contributed by atoms with Gasteiger partial charge in [0.15, 0.2) is 0 Å². The quantitative estimate of drug-likeness (QED) is 0.712. The molecular formula is C13H18N2O3. The molecule has 2 atom stereocenters. The first-order valence-electron chi connectivity index (χ1n) is 6.18. The molecule has 0 saturated heterocycles. The maximum atomic E-state index is 11.6. The summed E-state index contributed by atoms with van der Waals surface area (Å²) in [4.78, 5) is 11.6. The van der Waals surface area contributed by atoms with E-state index in [1.807, 2.05) is 6.08 Å². The van der Waals surface area contributed by atoms with Crippen molar-refractivity contribution in [2.75, 3.05) is 6.54 Å². The van der Waals surface area contributed by atoms with E-state index in [2.05, 4.69) is 16.7 Å². The van der Waals surface area contributed by atoms with E-state index in [0.717, 1.165) is 19.3 Å². The lowest BCUT2D eigenvalue weighted by molar-refractivity contribution is 0.147. The van der Waals surface area contributed by atoms with Gasteiger partial charge in [-0.15, -0.1) is 0 Å². The summed E-state index contributed by atoms with van der Waals surface area (Å²) in [5, 5.41) is 15.2. The van der Waals surface area contributed by atoms with E-state index in [9.17, 15) is 9.90 Å². The fraction of sp³-hybridized carbons (Fsp3) is 0.462. The van der Waals surface area contributed by atoms with Gasteiger partial charge in [-0.05, 0) is 31.4 Å². The molecule has 5 heteroatoms. The van der Waals surface area contributed by atoms with Crippen molar-refractivity contribution < 1.29 is 14.3 Å². The Balaban J connectivity index is 1.71. The van der Waals surface area contributed by atoms with Gasteiger partial charge in [-0.3, -0.25) is 0 Å². The zero-order chi connectivity index (χ0) is 12.8. The molecule has 1 aliphatic rings. The van der Waals surface area contributed by atoms with Crippen LogP contribution < -0.4 is 10.6 Å². The van der Waals surface area contributed by atoms with Crippen LogP contribution in [0.25, 0.3) is 0 Å². The molecule has 5 nitrogen and oxygen atoms in total. The summed E-state index contributed by atoms with van der Waals surface area (Å²) in [6.07, 6.45) is 7.90. The summed E-state index contributed by atoms with van der Waals surface area (Å²) in [6.45, 7) is 0.135. The number of hydrogen-bond donors (Lipinski definition) is 3. The lowest BCUT2D eigenvalue weighted by Crippen LogP contribution is -2.43. The minimum absolute atomic E-state index is 0.0968. The number of carbonyl (C=O) groups is 1. The number of rotatable bonds is 4. The summed E-state index contributed by atoms with van der Waals surface area (Å²) in [7, 11) is 0. The predicted octanol–water partition coefficient (Wildman–Crippen LogP) is 1.72. The molecule has 2 amide bonds. The highest BCUT2D eigenvalue weighted by Crippen LogP contribution is 2.12. The van der Waals surface area contributed by atoms with Gasteiger partial charge in [0.25, 0.3) is 0 Å². The molecule has 1 aliphatic carbocycles. The van der Waals surface area contributed by atoms with E-state index < -0.39 is 6.10 Å². The number of hydrogen-bond acceptors (Lipinski definition) is 3. The molecule has 0 bridgehead atoms. The summed E-state index contributed by atoms with van der Waals surface area (Å²) in [5.41, 5.74) is 0. The van der Waals surface area contributed by atoms with Crippen molar-refractivity contribution in [3.63, 3.8) is 0 Å². The Hall–Kier alpha value is -1.75. The molecule has 3 N–H and O–H groups in total. The number of aliphatic hydroxyl groups is 1. The first-order valence-corrected chi connectivity index (χ1v) is 6.18. The lowest BCUT2D eigenvalue weighted by Gasteiger charge is -2.18. The van der Waals surface area contributed by atoms with E-state index in [4.69, 9.17) is 4.42 Å². The average Bonchev–Trinajstić information content (AvgIpc) is 2.91. The van der Waals surface area contributed by atoms with Gasteiger partial charge in [-0.1, -0.05) is 12.2 Å². The Bertz CT molecular complexity index is 400. The molecule has 0 spiro atoms. The van der Waals surface area contributed by atoms with Crippen LogP contribution in [0.4, 0.5) is 4.79 Å². The van der Waals surface area contributed by atoms with Gasteiger partial charge in [-0.25, -0.2) is 4.79 Å². The third-order valence-corrected chi connectivity index (χ3v) is 2.90. The Morgan fingerprint density at radius 3 is 3.17 bits per heavy atom. The third-order valence-electron chi connectivity index (χ3n) is 2.90. The minimum Gasteiger partial charge on any atom is -0.467 e. The molecule has 18 heavy (non-hydrogen) atoms. The minimum atomic E-state index is -0.812. The normalized spacial score (nSPS) is 20.4. The number of carbonyl (C=O) groups excluding carboxylic acids is 1. The fourth-order valence-corrected chi connectivity index (χ4v) is 1.92. The van der Waals surface area contributed by atoms with Crippen LogP contribution in [0.5, 0.6) is 0 Å². The van der Waals surface area contributed by atoms with Crippen LogP contribution in [0.3, 0.4) is 0 Å². The van der Waals surface area contributed by atoms with E-state index >= 15 is 0 Å². The van der Waals surface area contributed by atoms with Crippen LogP contribution in [0, 0.1) is 0 Å². The van der Waals surface area contributed by atoms with Crippen LogP contribution >= 0.6 is 0 Å². The second-order valence-corrected chi connectivity index (χ2v) is 4.35. The number of nitrogens with one attached hydrogen (secondary N) is 2. The van der Waals surface area contributed by atoms with E-state index in [0.29, 0.717) is 5.76 Å². The highest BCUT2D eigenvalue weighted by Gasteiger charge is 2.14. The maximum absolute atomic E-state index is 11.6. The predicted molar refractivity (Wildman–Crippen MR) is 67.0 cm³/mol. The van der Waals surface area contributed by atoms with Gasteiger partial charge < -0.3 is 20.2 Å². The van der Waals surface area contributed by atoms with Crippen molar-refractivity contribution >= 4 is 6.03 Å². The molecule has 0 aliphatic heterocycles. The van der Waals surface area contributed by atoms with Crippen LogP contribution in [0.15, 0.2) is 35.0 Å². The van der Waals surface area contributed by atoms with Crippen LogP contribution in [-0.4, -0.2) is 23.7 Å². The van der Waals surface area contributed by atoms with Crippen molar-refractivity contribution in [2.24, 2.45) is 0 Å². The van der Waals surface area contributed by atoms with E-state index in [-0.39, 0.29) is 18.6 Å². The number of urea groups is 1. The number of allylic oxidation sites excluding steroid dienone is 1. The van der Waals surface area contributed by atoms with Gasteiger partial charge in [0, 0.05) is 6.04 Å². The molecule has 0 saturated carbocycles. The monoisotopic (exact) mass is 250 g/mol. The van der Waals surface area contributed by atoms with Crippen molar-refractivity contribution in [3.05, 3.63) is 36.3 Å². The molecule has 0 fully saturated rings. The topological polar surface area (TPSA) is 74.5 Å². The number of furan rings is 1. The SMILES string of the molecule is O=C(NCC(O)c1ccco1)NC1C=CCCC1. The first kappa shape index (κ1) is 12.7. The second-order valence-electron chi connectivity index (χ2n) is 4.35. The van der Waals surface area contributed by atoms with Gasteiger partial charge in [0.1, 0.15) is 11.9 Å². The molecule has 98 valence electrons. The molecule has 1 aromatic heterocycles. The zero-order valence-corrected chi connectivity index (χ0v) is 10.1. The molecule has 2 unspecified atom stereocenters. The van der Waals surface area contributed by atoms with Crippen LogP contribution in [-0.2, 0) is 0 Å². The number of aliphatic hydroxyl groups excluding tert-OH is 1. The highest BCUT2D eigenvalue weighted by molar-refractivity contribution is 5.74. The highest BCUT2D eigenvalue weighted by atomic mass is 16.4. The second kappa shape index (κ2) is 6.26. The van der Waals surface area contributed by atoms with Crippen molar-refractivity contribution in [1.29, 1.82) is 0 Å². The van der Waals surface area contributed by atoms with Crippen LogP contribution in [0.2, 0.25) is 0 Å². The Morgan fingerprint density at radius 2 is 2.50 bits per heavy atom. The zero-order valence-electron chi connectivity index (χ0n) is 10.1. The van der Waals surface area contributed by atoms with Gasteiger partial charge in [-0.2, -0.15) is 0 Å². The summed E-state index contributed by atoms with van der Waals surface area (Å²) >= 11 is 0. The first-order chi connectivity index (χ1) is 8.75. The smallest absolute Gasteiger partial charge is 0.315 e. The standard InChI is InChI=1S/C13H18N2O3/c16-11(12-7-4-8-18-12)9-14-13(17)15-10-5-2-1-3-6-10/h2,4-5,7-8,10-11,16H,1,3,6,9H2,(H2,14,15,17). The van der Waals surface area contributed by atoms with Gasteiger partial charge in [0.05, 0.1) is 12.8 Å².